The van der Waals surface area contributed by atoms with Crippen molar-refractivity contribution in [1.29, 1.82) is 0 Å². The van der Waals surface area contributed by atoms with E-state index in [-0.39, 0.29) is 0 Å². The van der Waals surface area contributed by atoms with Crippen molar-refractivity contribution in [3.63, 3.8) is 0 Å². The molecule has 0 spiro atoms. The maximum Gasteiger partial charge on any atom is 0.0407 e. The van der Waals surface area contributed by atoms with Crippen molar-refractivity contribution in [2.75, 3.05) is 5.88 Å². The highest BCUT2D eigenvalue weighted by molar-refractivity contribution is 6.18. The van der Waals surface area contributed by atoms with Crippen molar-refractivity contribution >= 4 is 11.6 Å². The van der Waals surface area contributed by atoms with Gasteiger partial charge in [-0.05, 0) is 0 Å². The topological polar surface area (TPSA) is 0 Å². The SMILES string of the molecule is C=C/C=C\CCl. The summed E-state index contributed by atoms with van der Waals surface area (Å²) < 4.78 is 0. The van der Waals surface area contributed by atoms with Crippen LogP contribution in [0.4, 0.5) is 0 Å². The first kappa shape index (κ1) is 5.77. The van der Waals surface area contributed by atoms with Gasteiger partial charge in [0.2, 0.25) is 0 Å². The molecule has 0 aromatic heterocycles. The number of rotatable bonds is 2. The average Bonchev–Trinajstić information content (AvgIpc) is 1.61. The third-order valence-electron chi connectivity index (χ3n) is 0.361. The smallest absolute Gasteiger partial charge is 0.0407 e. The largest absolute Gasteiger partial charge is 0.122 e. The lowest BCUT2D eigenvalue weighted by atomic mass is 10.5. The van der Waals surface area contributed by atoms with Crippen LogP contribution >= 0.6 is 11.6 Å². The first-order chi connectivity index (χ1) is 2.91. The van der Waals surface area contributed by atoms with Crippen molar-refractivity contribution in [3.05, 3.63) is 24.8 Å². The molecule has 1 heteroatoms. The zero-order valence-electron chi connectivity index (χ0n) is 3.52. The molecular formula is C5H7Cl. The lowest BCUT2D eigenvalue weighted by Crippen LogP contribution is -1.52. The van der Waals surface area contributed by atoms with E-state index >= 15 is 0 Å². The summed E-state index contributed by atoms with van der Waals surface area (Å²) in [7, 11) is 0. The molecule has 0 saturated heterocycles. The number of halogens is 1. The molecule has 0 saturated carbocycles. The molecule has 0 radical (unpaired) electrons. The van der Waals surface area contributed by atoms with Crippen LogP contribution in [0.5, 0.6) is 0 Å². The normalized spacial score (nSPS) is 9.50. The van der Waals surface area contributed by atoms with E-state index in [0.717, 1.165) is 0 Å². The van der Waals surface area contributed by atoms with Crippen LogP contribution in [0.25, 0.3) is 0 Å². The van der Waals surface area contributed by atoms with Crippen molar-refractivity contribution in [2.45, 2.75) is 0 Å². The van der Waals surface area contributed by atoms with Crippen LogP contribution in [-0.2, 0) is 0 Å². The van der Waals surface area contributed by atoms with Crippen molar-refractivity contribution in [2.24, 2.45) is 0 Å². The molecule has 0 N–H and O–H groups in total. The third kappa shape index (κ3) is 3.77. The van der Waals surface area contributed by atoms with Gasteiger partial charge in [0.05, 0.1) is 0 Å². The molecule has 0 aromatic carbocycles. The molecule has 0 aliphatic heterocycles. The summed E-state index contributed by atoms with van der Waals surface area (Å²) in [6.07, 6.45) is 5.34. The first-order valence-corrected chi connectivity index (χ1v) is 2.28. The van der Waals surface area contributed by atoms with Gasteiger partial charge in [-0.15, -0.1) is 11.6 Å². The van der Waals surface area contributed by atoms with E-state index in [9.17, 15) is 0 Å². The molecular weight excluding hydrogens is 95.5 g/mol. The minimum atomic E-state index is 0.575. The highest BCUT2D eigenvalue weighted by Gasteiger charge is 1.57. The first-order valence-electron chi connectivity index (χ1n) is 1.75. The summed E-state index contributed by atoms with van der Waals surface area (Å²) in [6, 6.07) is 0. The molecule has 0 bridgehead atoms. The van der Waals surface area contributed by atoms with Crippen LogP contribution in [0.2, 0.25) is 0 Å². The maximum atomic E-state index is 5.25. The molecule has 0 aromatic rings. The van der Waals surface area contributed by atoms with Gasteiger partial charge >= 0.3 is 0 Å². The van der Waals surface area contributed by atoms with Gasteiger partial charge in [0.15, 0.2) is 0 Å². The second-order valence-corrected chi connectivity index (χ2v) is 1.13. The maximum absolute atomic E-state index is 5.25. The van der Waals surface area contributed by atoms with E-state index in [1.807, 2.05) is 12.2 Å². The van der Waals surface area contributed by atoms with Gasteiger partial charge in [0.25, 0.3) is 0 Å². The summed E-state index contributed by atoms with van der Waals surface area (Å²) in [5.74, 6) is 0.575. The summed E-state index contributed by atoms with van der Waals surface area (Å²) in [6.45, 7) is 3.45. The molecule has 0 heterocycles. The van der Waals surface area contributed by atoms with Gasteiger partial charge < -0.3 is 0 Å². The highest BCUT2D eigenvalue weighted by Crippen LogP contribution is 1.75. The monoisotopic (exact) mass is 102 g/mol. The Balaban J connectivity index is 2.94. The van der Waals surface area contributed by atoms with Crippen LogP contribution in [-0.4, -0.2) is 5.88 Å². The Bertz CT molecular complexity index is 55.0. The summed E-state index contributed by atoms with van der Waals surface area (Å²) in [5, 5.41) is 0. The van der Waals surface area contributed by atoms with Crippen molar-refractivity contribution in [3.8, 4) is 0 Å². The molecule has 6 heavy (non-hydrogen) atoms. The Labute approximate surface area is 43.1 Å². The number of hydrogen-bond donors (Lipinski definition) is 0. The second-order valence-electron chi connectivity index (χ2n) is 0.818. The Hall–Kier alpha value is -0.230. The van der Waals surface area contributed by atoms with Gasteiger partial charge in [0.1, 0.15) is 0 Å². The fraction of sp³-hybridized carbons (Fsp3) is 0.200. The third-order valence-corrected chi connectivity index (χ3v) is 0.539. The number of allylic oxidation sites excluding steroid dienone is 3. The molecule has 0 atom stereocenters. The Morgan fingerprint density at radius 3 is 2.50 bits per heavy atom. The van der Waals surface area contributed by atoms with E-state index in [0.29, 0.717) is 5.88 Å². The van der Waals surface area contributed by atoms with E-state index in [1.54, 1.807) is 6.08 Å². The van der Waals surface area contributed by atoms with E-state index in [2.05, 4.69) is 6.58 Å². The molecule has 0 fully saturated rings. The fourth-order valence-electron chi connectivity index (χ4n) is 0.148. The van der Waals surface area contributed by atoms with E-state index in [4.69, 9.17) is 11.6 Å². The van der Waals surface area contributed by atoms with Crippen molar-refractivity contribution < 1.29 is 0 Å². The van der Waals surface area contributed by atoms with Gasteiger partial charge in [-0.1, -0.05) is 24.8 Å². The minimum Gasteiger partial charge on any atom is -0.122 e. The Kier molecular flexibility index (Phi) is 4.59. The Morgan fingerprint density at radius 2 is 2.33 bits per heavy atom. The summed E-state index contributed by atoms with van der Waals surface area (Å²) in [5.41, 5.74) is 0. The standard InChI is InChI=1S/C5H7Cl/c1-2-3-4-5-6/h2-4H,1,5H2/b4-3-. The number of alkyl halides is 1. The van der Waals surface area contributed by atoms with E-state index in [1.165, 1.54) is 0 Å². The molecule has 0 aliphatic rings. The molecule has 0 amide bonds. The molecule has 0 unspecified atom stereocenters. The minimum absolute atomic E-state index is 0.575. The fourth-order valence-corrected chi connectivity index (χ4v) is 0.251. The Morgan fingerprint density at radius 1 is 1.67 bits per heavy atom. The predicted octanol–water partition coefficient (Wildman–Crippen LogP) is 1.97. The van der Waals surface area contributed by atoms with Gasteiger partial charge in [-0.25, -0.2) is 0 Å². The summed E-state index contributed by atoms with van der Waals surface area (Å²) >= 11 is 5.25. The van der Waals surface area contributed by atoms with E-state index < -0.39 is 0 Å². The number of hydrogen-bond acceptors (Lipinski definition) is 0. The van der Waals surface area contributed by atoms with Gasteiger partial charge in [0, 0.05) is 5.88 Å². The van der Waals surface area contributed by atoms with Crippen LogP contribution in [0.1, 0.15) is 0 Å². The summed E-state index contributed by atoms with van der Waals surface area (Å²) in [4.78, 5) is 0. The molecule has 0 nitrogen and oxygen atoms in total. The van der Waals surface area contributed by atoms with Crippen LogP contribution < -0.4 is 0 Å². The zero-order chi connectivity index (χ0) is 4.83. The zero-order valence-corrected chi connectivity index (χ0v) is 4.28. The second kappa shape index (κ2) is 4.77. The van der Waals surface area contributed by atoms with Gasteiger partial charge in [-0.3, -0.25) is 0 Å². The predicted molar refractivity (Wildman–Crippen MR) is 30.1 cm³/mol. The van der Waals surface area contributed by atoms with Crippen molar-refractivity contribution in [1.82, 2.24) is 0 Å². The molecule has 34 valence electrons. The quantitative estimate of drug-likeness (QED) is 0.369. The lowest BCUT2D eigenvalue weighted by molar-refractivity contribution is 1.75. The average molecular weight is 103 g/mol. The molecule has 0 rings (SSSR count). The highest BCUT2D eigenvalue weighted by atomic mass is 35.5. The van der Waals surface area contributed by atoms with Crippen LogP contribution in [0, 0.1) is 0 Å². The van der Waals surface area contributed by atoms with Crippen LogP contribution in [0.3, 0.4) is 0 Å². The lowest BCUT2D eigenvalue weighted by Gasteiger charge is -1.65. The van der Waals surface area contributed by atoms with Gasteiger partial charge in [-0.2, -0.15) is 0 Å². The molecule has 0 aliphatic carbocycles. The van der Waals surface area contributed by atoms with Crippen LogP contribution in [0.15, 0.2) is 24.8 Å².